The second kappa shape index (κ2) is 9.37. The van der Waals surface area contributed by atoms with Crippen molar-refractivity contribution in [3.63, 3.8) is 0 Å². The first-order chi connectivity index (χ1) is 14.0. The summed E-state index contributed by atoms with van der Waals surface area (Å²) in [7, 11) is 1.57. The van der Waals surface area contributed by atoms with Crippen LogP contribution in [0.3, 0.4) is 0 Å². The predicted molar refractivity (Wildman–Crippen MR) is 116 cm³/mol. The van der Waals surface area contributed by atoms with Crippen LogP contribution in [0.1, 0.15) is 5.56 Å². The van der Waals surface area contributed by atoms with Gasteiger partial charge in [-0.05, 0) is 60.0 Å². The number of carbonyl (C=O) groups is 2. The third kappa shape index (κ3) is 5.56. The standard InChI is InChI=1S/C24H22N2O3/c1-17-5-3-4-6-22(17)18-7-9-19(10-8-18)25-23(27)15-16-24(28)26-20-11-13-21(29-2)14-12-20/h3-16H,1-2H3,(H,25,27)(H,26,28)/b16-15+. The van der Waals surface area contributed by atoms with Crippen molar-refractivity contribution in [1.29, 1.82) is 0 Å². The first kappa shape index (κ1) is 19.9. The van der Waals surface area contributed by atoms with Crippen LogP contribution in [0.15, 0.2) is 84.9 Å². The number of methoxy groups -OCH3 is 1. The van der Waals surface area contributed by atoms with E-state index in [0.29, 0.717) is 17.1 Å². The molecule has 0 saturated heterocycles. The predicted octanol–water partition coefficient (Wildman–Crippen LogP) is 4.80. The normalized spacial score (nSPS) is 10.6. The number of anilines is 2. The number of aryl methyl sites for hydroxylation is 1. The molecule has 0 heterocycles. The van der Waals surface area contributed by atoms with Gasteiger partial charge in [0.15, 0.2) is 0 Å². The maximum atomic E-state index is 12.1. The number of carbonyl (C=O) groups excluding carboxylic acids is 2. The van der Waals surface area contributed by atoms with Gasteiger partial charge in [0, 0.05) is 23.5 Å². The van der Waals surface area contributed by atoms with E-state index in [2.05, 4.69) is 29.7 Å². The minimum absolute atomic E-state index is 0.376. The van der Waals surface area contributed by atoms with Gasteiger partial charge in [0.2, 0.25) is 11.8 Å². The Labute approximate surface area is 170 Å². The fourth-order valence-corrected chi connectivity index (χ4v) is 2.82. The Morgan fingerprint density at radius 1 is 0.759 bits per heavy atom. The van der Waals surface area contributed by atoms with Crippen LogP contribution >= 0.6 is 0 Å². The van der Waals surface area contributed by atoms with Crippen LogP contribution in [0.5, 0.6) is 5.75 Å². The van der Waals surface area contributed by atoms with E-state index < -0.39 is 0 Å². The average molecular weight is 386 g/mol. The molecule has 0 aromatic heterocycles. The summed E-state index contributed by atoms with van der Waals surface area (Å²) in [5.74, 6) is -0.0647. The molecule has 29 heavy (non-hydrogen) atoms. The third-order valence-electron chi connectivity index (χ3n) is 4.35. The average Bonchev–Trinajstić information content (AvgIpc) is 2.74. The maximum Gasteiger partial charge on any atom is 0.248 e. The number of hydrogen-bond donors (Lipinski definition) is 2. The van der Waals surface area contributed by atoms with E-state index in [1.807, 2.05) is 36.4 Å². The minimum Gasteiger partial charge on any atom is -0.497 e. The molecule has 0 unspecified atom stereocenters. The molecule has 0 aliphatic rings. The Morgan fingerprint density at radius 2 is 1.28 bits per heavy atom. The Bertz CT molecular complexity index is 1020. The Hall–Kier alpha value is -3.86. The second-order valence-corrected chi connectivity index (χ2v) is 6.43. The van der Waals surface area contributed by atoms with Crippen molar-refractivity contribution >= 4 is 23.2 Å². The van der Waals surface area contributed by atoms with Gasteiger partial charge >= 0.3 is 0 Å². The van der Waals surface area contributed by atoms with Crippen molar-refractivity contribution in [1.82, 2.24) is 0 Å². The molecule has 5 heteroatoms. The highest BCUT2D eigenvalue weighted by atomic mass is 16.5. The zero-order chi connectivity index (χ0) is 20.6. The summed E-state index contributed by atoms with van der Waals surface area (Å²) in [6.07, 6.45) is 2.40. The highest BCUT2D eigenvalue weighted by Gasteiger charge is 2.04. The van der Waals surface area contributed by atoms with Crippen molar-refractivity contribution in [3.05, 3.63) is 90.5 Å². The summed E-state index contributed by atoms with van der Waals surface area (Å²) in [5, 5.41) is 5.43. The second-order valence-electron chi connectivity index (χ2n) is 6.43. The van der Waals surface area contributed by atoms with Crippen LogP contribution in [0.25, 0.3) is 11.1 Å². The van der Waals surface area contributed by atoms with E-state index in [4.69, 9.17) is 4.74 Å². The van der Waals surface area contributed by atoms with E-state index in [0.717, 1.165) is 11.1 Å². The molecule has 146 valence electrons. The molecule has 0 fully saturated rings. The summed E-state index contributed by atoms with van der Waals surface area (Å²) >= 11 is 0. The number of ether oxygens (including phenoxy) is 1. The number of rotatable bonds is 6. The fraction of sp³-hybridized carbons (Fsp3) is 0.0833. The van der Waals surface area contributed by atoms with Gasteiger partial charge in [-0.3, -0.25) is 9.59 Å². The molecule has 0 atom stereocenters. The van der Waals surface area contributed by atoms with Gasteiger partial charge in [-0.25, -0.2) is 0 Å². The monoisotopic (exact) mass is 386 g/mol. The lowest BCUT2D eigenvalue weighted by atomic mass is 10.0. The van der Waals surface area contributed by atoms with E-state index in [-0.39, 0.29) is 11.8 Å². The van der Waals surface area contributed by atoms with Crippen molar-refractivity contribution in [2.45, 2.75) is 6.92 Å². The molecule has 2 N–H and O–H groups in total. The molecule has 0 bridgehead atoms. The third-order valence-corrected chi connectivity index (χ3v) is 4.35. The fourth-order valence-electron chi connectivity index (χ4n) is 2.82. The summed E-state index contributed by atoms with van der Waals surface area (Å²) in [4.78, 5) is 24.0. The Balaban J connectivity index is 1.55. The van der Waals surface area contributed by atoms with Crippen molar-refractivity contribution < 1.29 is 14.3 Å². The quantitative estimate of drug-likeness (QED) is 0.598. The van der Waals surface area contributed by atoms with Crippen LogP contribution < -0.4 is 15.4 Å². The van der Waals surface area contributed by atoms with Crippen LogP contribution in [-0.4, -0.2) is 18.9 Å². The Morgan fingerprint density at radius 3 is 1.79 bits per heavy atom. The molecule has 3 rings (SSSR count). The van der Waals surface area contributed by atoms with Crippen molar-refractivity contribution in [2.75, 3.05) is 17.7 Å². The molecule has 0 saturated carbocycles. The molecule has 0 spiro atoms. The van der Waals surface area contributed by atoms with E-state index in [9.17, 15) is 9.59 Å². The minimum atomic E-state index is -0.389. The zero-order valence-corrected chi connectivity index (χ0v) is 16.3. The highest BCUT2D eigenvalue weighted by Crippen LogP contribution is 2.24. The largest absolute Gasteiger partial charge is 0.497 e. The van der Waals surface area contributed by atoms with Crippen LogP contribution in [0.2, 0.25) is 0 Å². The van der Waals surface area contributed by atoms with Gasteiger partial charge in [0.05, 0.1) is 7.11 Å². The van der Waals surface area contributed by atoms with Gasteiger partial charge in [0.25, 0.3) is 0 Å². The van der Waals surface area contributed by atoms with Gasteiger partial charge in [-0.15, -0.1) is 0 Å². The number of nitrogens with one attached hydrogen (secondary N) is 2. The molecule has 3 aromatic carbocycles. The molecule has 5 nitrogen and oxygen atoms in total. The van der Waals surface area contributed by atoms with E-state index >= 15 is 0 Å². The molecule has 0 aliphatic carbocycles. The lowest BCUT2D eigenvalue weighted by molar-refractivity contribution is -0.114. The van der Waals surface area contributed by atoms with Gasteiger partial charge in [0.1, 0.15) is 5.75 Å². The smallest absolute Gasteiger partial charge is 0.248 e. The van der Waals surface area contributed by atoms with Gasteiger partial charge in [-0.2, -0.15) is 0 Å². The lowest BCUT2D eigenvalue weighted by Crippen LogP contribution is -2.12. The summed E-state index contributed by atoms with van der Waals surface area (Å²) in [5.41, 5.74) is 4.70. The SMILES string of the molecule is COc1ccc(NC(=O)/C=C/C(=O)Nc2ccc(-c3ccccc3C)cc2)cc1. The van der Waals surface area contributed by atoms with Gasteiger partial charge < -0.3 is 15.4 Å². The first-order valence-electron chi connectivity index (χ1n) is 9.15. The Kier molecular flexibility index (Phi) is 6.43. The molecular formula is C24H22N2O3. The van der Waals surface area contributed by atoms with Crippen LogP contribution in [0.4, 0.5) is 11.4 Å². The summed E-state index contributed by atoms with van der Waals surface area (Å²) in [6.45, 7) is 2.06. The molecule has 3 aromatic rings. The zero-order valence-electron chi connectivity index (χ0n) is 16.3. The summed E-state index contributed by atoms with van der Waals surface area (Å²) in [6, 6.07) is 22.6. The number of hydrogen-bond acceptors (Lipinski definition) is 3. The molecular weight excluding hydrogens is 364 g/mol. The highest BCUT2D eigenvalue weighted by molar-refractivity contribution is 6.06. The summed E-state index contributed by atoms with van der Waals surface area (Å²) < 4.78 is 5.07. The van der Waals surface area contributed by atoms with Crippen molar-refractivity contribution in [2.24, 2.45) is 0 Å². The number of benzene rings is 3. The van der Waals surface area contributed by atoms with E-state index in [1.54, 1.807) is 31.4 Å². The first-order valence-corrected chi connectivity index (χ1v) is 9.15. The molecule has 2 amide bonds. The van der Waals surface area contributed by atoms with Gasteiger partial charge in [-0.1, -0.05) is 36.4 Å². The lowest BCUT2D eigenvalue weighted by Gasteiger charge is -2.07. The van der Waals surface area contributed by atoms with E-state index in [1.165, 1.54) is 17.7 Å². The van der Waals surface area contributed by atoms with Crippen LogP contribution in [0, 0.1) is 6.92 Å². The molecule has 0 radical (unpaired) electrons. The van der Waals surface area contributed by atoms with Crippen LogP contribution in [-0.2, 0) is 9.59 Å². The number of amides is 2. The molecule has 0 aliphatic heterocycles. The maximum absolute atomic E-state index is 12.1. The van der Waals surface area contributed by atoms with Crippen molar-refractivity contribution in [3.8, 4) is 16.9 Å². The topological polar surface area (TPSA) is 67.4 Å².